The predicted molar refractivity (Wildman–Crippen MR) is 50.7 cm³/mol. The highest BCUT2D eigenvalue weighted by Gasteiger charge is 2.11. The summed E-state index contributed by atoms with van der Waals surface area (Å²) < 4.78 is 0. The molecule has 70 valence electrons. The molecule has 0 amide bonds. The summed E-state index contributed by atoms with van der Waals surface area (Å²) in [5.74, 6) is 1.87. The molecule has 1 aliphatic carbocycles. The number of rotatable bonds is 4. The van der Waals surface area contributed by atoms with Gasteiger partial charge in [0.05, 0.1) is 18.2 Å². The molecule has 3 nitrogen and oxygen atoms in total. The first-order chi connectivity index (χ1) is 6.38. The van der Waals surface area contributed by atoms with Crippen LogP contribution in [0.5, 0.6) is 0 Å². The number of allylic oxidation sites excluding steroid dienone is 2. The fourth-order valence-corrected chi connectivity index (χ4v) is 0.993. The number of hydrogen-bond acceptors (Lipinski definition) is 3. The van der Waals surface area contributed by atoms with Crippen molar-refractivity contribution in [1.29, 1.82) is 0 Å². The van der Waals surface area contributed by atoms with Crippen molar-refractivity contribution in [1.82, 2.24) is 5.48 Å². The maximum atomic E-state index is 10.5. The zero-order valence-electron chi connectivity index (χ0n) is 7.62. The summed E-state index contributed by atoms with van der Waals surface area (Å²) >= 11 is 0. The molecule has 13 heavy (non-hydrogen) atoms. The van der Waals surface area contributed by atoms with Gasteiger partial charge in [-0.1, -0.05) is 25.2 Å². The Bertz CT molecular complexity index is 262. The Balaban J connectivity index is 2.44. The molecule has 1 rings (SSSR count). The van der Waals surface area contributed by atoms with Crippen LogP contribution in [0.1, 0.15) is 13.3 Å². The van der Waals surface area contributed by atoms with Gasteiger partial charge >= 0.3 is 0 Å². The molecule has 0 heterocycles. The molecule has 0 saturated carbocycles. The van der Waals surface area contributed by atoms with Gasteiger partial charge in [0, 0.05) is 0 Å². The van der Waals surface area contributed by atoms with Crippen molar-refractivity contribution in [3.05, 3.63) is 29.9 Å². The summed E-state index contributed by atoms with van der Waals surface area (Å²) in [5, 5.41) is 0. The minimum absolute atomic E-state index is 0.158. The fourth-order valence-electron chi connectivity index (χ4n) is 0.993. The largest absolute Gasteiger partial charge is 0.301 e. The average Bonchev–Trinajstić information content (AvgIpc) is 2.19. The van der Waals surface area contributed by atoms with Gasteiger partial charge in [0.15, 0.2) is 0 Å². The summed E-state index contributed by atoms with van der Waals surface area (Å²) in [4.78, 5) is 15.6. The van der Waals surface area contributed by atoms with Gasteiger partial charge in [-0.3, -0.25) is 0 Å². The molecule has 1 N–H and O–H groups in total. The number of hydroxylamine groups is 1. The van der Waals surface area contributed by atoms with Crippen LogP contribution in [0.25, 0.3) is 0 Å². The topological polar surface area (TPSA) is 38.3 Å². The van der Waals surface area contributed by atoms with Crippen molar-refractivity contribution in [3.8, 4) is 0 Å². The molecule has 0 aliphatic heterocycles. The van der Waals surface area contributed by atoms with Crippen LogP contribution in [0.15, 0.2) is 29.9 Å². The van der Waals surface area contributed by atoms with E-state index >= 15 is 0 Å². The molecule has 0 fully saturated rings. The minimum atomic E-state index is -0.158. The van der Waals surface area contributed by atoms with Crippen molar-refractivity contribution in [2.75, 3.05) is 6.61 Å². The van der Waals surface area contributed by atoms with Gasteiger partial charge in [-0.25, -0.2) is 4.79 Å². The molecule has 0 saturated heterocycles. The molecular formula is C10H13NO2. The number of nitrogens with one attached hydrogen (secondary N) is 1. The molecule has 0 spiro atoms. The summed E-state index contributed by atoms with van der Waals surface area (Å²) in [6.07, 6.45) is 8.20. The lowest BCUT2D eigenvalue weighted by Crippen LogP contribution is -2.30. The quantitative estimate of drug-likeness (QED) is 0.400. The molecule has 1 atom stereocenters. The molecule has 1 unspecified atom stereocenters. The highest BCUT2D eigenvalue weighted by molar-refractivity contribution is 5.62. The molecular weight excluding hydrogens is 166 g/mol. The summed E-state index contributed by atoms with van der Waals surface area (Å²) in [6.45, 7) is 2.66. The van der Waals surface area contributed by atoms with Gasteiger partial charge in [0.2, 0.25) is 0 Å². The van der Waals surface area contributed by atoms with Crippen LogP contribution in [0.3, 0.4) is 0 Å². The lowest BCUT2D eigenvalue weighted by Gasteiger charge is -2.15. The second kappa shape index (κ2) is 5.49. The minimum Gasteiger partial charge on any atom is -0.301 e. The van der Waals surface area contributed by atoms with Gasteiger partial charge in [0.25, 0.3) is 0 Å². The standard InChI is InChI=1S/C10H13NO2/c1-2-7-13-11-10-6-4-3-5-9(10)8-12/h3-6,10-11H,2,7H2,1H3. The Labute approximate surface area is 77.7 Å². The molecule has 0 aromatic rings. The Kier molecular flexibility index (Phi) is 4.19. The van der Waals surface area contributed by atoms with Crippen molar-refractivity contribution >= 4 is 5.94 Å². The van der Waals surface area contributed by atoms with E-state index in [-0.39, 0.29) is 6.04 Å². The van der Waals surface area contributed by atoms with E-state index in [0.29, 0.717) is 12.2 Å². The van der Waals surface area contributed by atoms with E-state index in [1.54, 1.807) is 12.2 Å². The van der Waals surface area contributed by atoms with Gasteiger partial charge < -0.3 is 4.84 Å². The first-order valence-corrected chi connectivity index (χ1v) is 4.35. The number of carbonyl (C=O) groups excluding carboxylic acids is 1. The molecule has 3 heteroatoms. The highest BCUT2D eigenvalue weighted by Crippen LogP contribution is 2.07. The van der Waals surface area contributed by atoms with Crippen molar-refractivity contribution in [2.45, 2.75) is 19.4 Å². The first-order valence-electron chi connectivity index (χ1n) is 4.35. The van der Waals surface area contributed by atoms with Crippen molar-refractivity contribution in [3.63, 3.8) is 0 Å². The van der Waals surface area contributed by atoms with Gasteiger partial charge in [-0.2, -0.15) is 5.48 Å². The van der Waals surface area contributed by atoms with E-state index in [0.717, 1.165) is 6.42 Å². The summed E-state index contributed by atoms with van der Waals surface area (Å²) in [7, 11) is 0. The van der Waals surface area contributed by atoms with Crippen LogP contribution in [0.2, 0.25) is 0 Å². The van der Waals surface area contributed by atoms with Crippen LogP contribution >= 0.6 is 0 Å². The molecule has 0 aromatic carbocycles. The third-order valence-electron chi connectivity index (χ3n) is 1.66. The summed E-state index contributed by atoms with van der Waals surface area (Å²) in [5.41, 5.74) is 3.35. The van der Waals surface area contributed by atoms with E-state index < -0.39 is 0 Å². The SMILES string of the molecule is CCCONC1C=CC=CC1=C=O. The monoisotopic (exact) mass is 179 g/mol. The molecule has 0 aromatic heterocycles. The maximum absolute atomic E-state index is 10.5. The van der Waals surface area contributed by atoms with Crippen LogP contribution in [0, 0.1) is 0 Å². The predicted octanol–water partition coefficient (Wildman–Crippen LogP) is 1.17. The third-order valence-corrected chi connectivity index (χ3v) is 1.66. The lowest BCUT2D eigenvalue weighted by molar-refractivity contribution is 0.0342. The first kappa shape index (κ1) is 9.93. The van der Waals surface area contributed by atoms with E-state index in [1.165, 1.54) is 0 Å². The van der Waals surface area contributed by atoms with E-state index in [9.17, 15) is 4.79 Å². The zero-order valence-corrected chi connectivity index (χ0v) is 7.62. The second-order valence-electron chi connectivity index (χ2n) is 2.75. The molecule has 0 bridgehead atoms. The maximum Gasteiger partial charge on any atom is 0.130 e. The number of hydrogen-bond donors (Lipinski definition) is 1. The van der Waals surface area contributed by atoms with Crippen LogP contribution in [-0.2, 0) is 9.63 Å². The highest BCUT2D eigenvalue weighted by atomic mass is 16.6. The average molecular weight is 179 g/mol. The fraction of sp³-hybridized carbons (Fsp3) is 0.400. The van der Waals surface area contributed by atoms with Crippen molar-refractivity contribution in [2.24, 2.45) is 0 Å². The van der Waals surface area contributed by atoms with Crippen LogP contribution in [0.4, 0.5) is 0 Å². The Morgan fingerprint density at radius 3 is 3.15 bits per heavy atom. The third kappa shape index (κ3) is 2.99. The van der Waals surface area contributed by atoms with E-state index in [4.69, 9.17) is 4.84 Å². The van der Waals surface area contributed by atoms with Gasteiger partial charge in [0.1, 0.15) is 5.94 Å². The Morgan fingerprint density at radius 1 is 1.62 bits per heavy atom. The lowest BCUT2D eigenvalue weighted by atomic mass is 10.1. The van der Waals surface area contributed by atoms with Crippen LogP contribution in [-0.4, -0.2) is 18.6 Å². The molecule has 1 aliphatic rings. The zero-order chi connectivity index (χ0) is 9.52. The van der Waals surface area contributed by atoms with E-state index in [1.807, 2.05) is 25.0 Å². The van der Waals surface area contributed by atoms with Crippen molar-refractivity contribution < 1.29 is 9.63 Å². The second-order valence-corrected chi connectivity index (χ2v) is 2.75. The molecule has 0 radical (unpaired) electrons. The van der Waals surface area contributed by atoms with E-state index in [2.05, 4.69) is 5.48 Å². The van der Waals surface area contributed by atoms with Crippen LogP contribution < -0.4 is 5.48 Å². The van der Waals surface area contributed by atoms with Gasteiger partial charge in [-0.15, -0.1) is 0 Å². The Hall–Kier alpha value is -1.15. The Morgan fingerprint density at radius 2 is 2.46 bits per heavy atom. The van der Waals surface area contributed by atoms with Gasteiger partial charge in [-0.05, 0) is 12.5 Å². The summed E-state index contributed by atoms with van der Waals surface area (Å²) in [6, 6.07) is -0.158. The normalized spacial score (nSPS) is 20.4. The smallest absolute Gasteiger partial charge is 0.130 e.